The van der Waals surface area contributed by atoms with Crippen molar-refractivity contribution in [3.63, 3.8) is 0 Å². The molecule has 0 radical (unpaired) electrons. The molecule has 4 N–H and O–H groups in total. The second kappa shape index (κ2) is 33.6. The fraction of sp³-hybridized carbons (Fsp3) is 0.875. The standard InChI is InChI=1S/C32H61N3O9/c1-2-3-18-33-30(37)27-43-25-24-42-22-20-35-31(38)28-44-26-23-41-21-19-34-29(36)16-14-12-10-8-6-4-5-7-9-11-13-15-17-32(39)40/h2-28H2,1H3,(H,33,37)(H,34,36)(H,35,38)(H,39,40). The zero-order valence-corrected chi connectivity index (χ0v) is 27.3. The van der Waals surface area contributed by atoms with Crippen molar-refractivity contribution in [1.29, 1.82) is 0 Å². The summed E-state index contributed by atoms with van der Waals surface area (Å²) in [4.78, 5) is 45.6. The molecule has 258 valence electrons. The van der Waals surface area contributed by atoms with E-state index >= 15 is 0 Å². The molecule has 0 saturated heterocycles. The molecule has 12 heteroatoms. The highest BCUT2D eigenvalue weighted by molar-refractivity contribution is 5.77. The Morgan fingerprint density at radius 2 is 0.841 bits per heavy atom. The second-order valence-electron chi connectivity index (χ2n) is 10.9. The summed E-state index contributed by atoms with van der Waals surface area (Å²) in [5.41, 5.74) is 0. The minimum absolute atomic E-state index is 0.0185. The van der Waals surface area contributed by atoms with Crippen molar-refractivity contribution in [2.75, 3.05) is 72.5 Å². The van der Waals surface area contributed by atoms with E-state index in [4.69, 9.17) is 24.1 Å². The van der Waals surface area contributed by atoms with Gasteiger partial charge in [0.1, 0.15) is 13.2 Å². The Labute approximate surface area is 265 Å². The lowest BCUT2D eigenvalue weighted by Gasteiger charge is -2.09. The molecule has 0 aromatic carbocycles. The molecule has 0 saturated carbocycles. The summed E-state index contributed by atoms with van der Waals surface area (Å²) >= 11 is 0. The summed E-state index contributed by atoms with van der Waals surface area (Å²) in [6, 6.07) is 0. The van der Waals surface area contributed by atoms with Crippen molar-refractivity contribution in [3.8, 4) is 0 Å². The Morgan fingerprint density at radius 1 is 0.455 bits per heavy atom. The molecule has 12 nitrogen and oxygen atoms in total. The molecule has 44 heavy (non-hydrogen) atoms. The Morgan fingerprint density at radius 3 is 1.30 bits per heavy atom. The van der Waals surface area contributed by atoms with Crippen LogP contribution in [0.5, 0.6) is 0 Å². The van der Waals surface area contributed by atoms with Gasteiger partial charge in [0, 0.05) is 32.5 Å². The minimum atomic E-state index is -0.698. The molecule has 0 unspecified atom stereocenters. The summed E-state index contributed by atoms with van der Waals surface area (Å²) in [7, 11) is 0. The number of amides is 3. The van der Waals surface area contributed by atoms with Gasteiger partial charge in [-0.05, 0) is 19.3 Å². The third-order valence-corrected chi connectivity index (χ3v) is 6.74. The topological polar surface area (TPSA) is 162 Å². The minimum Gasteiger partial charge on any atom is -0.481 e. The maximum atomic E-state index is 11.9. The maximum absolute atomic E-state index is 11.9. The van der Waals surface area contributed by atoms with Gasteiger partial charge in [-0.1, -0.05) is 77.6 Å². The van der Waals surface area contributed by atoms with E-state index in [1.54, 1.807) is 0 Å². The molecular formula is C32H61N3O9. The van der Waals surface area contributed by atoms with E-state index in [0.717, 1.165) is 51.4 Å². The molecule has 0 aliphatic carbocycles. The molecule has 3 amide bonds. The first kappa shape index (κ1) is 41.7. The molecule has 0 aromatic heterocycles. The van der Waals surface area contributed by atoms with Crippen LogP contribution in [0, 0.1) is 0 Å². The summed E-state index contributed by atoms with van der Waals surface area (Å²) in [5.74, 6) is -1.02. The van der Waals surface area contributed by atoms with Gasteiger partial charge in [0.05, 0.1) is 39.6 Å². The van der Waals surface area contributed by atoms with Crippen molar-refractivity contribution in [1.82, 2.24) is 16.0 Å². The van der Waals surface area contributed by atoms with Crippen LogP contribution in [0.3, 0.4) is 0 Å². The van der Waals surface area contributed by atoms with Crippen LogP contribution in [0.4, 0.5) is 0 Å². The number of rotatable bonds is 34. The van der Waals surface area contributed by atoms with Crippen LogP contribution in [-0.4, -0.2) is 101 Å². The summed E-state index contributed by atoms with van der Waals surface area (Å²) < 4.78 is 21.3. The van der Waals surface area contributed by atoms with E-state index in [1.165, 1.54) is 38.5 Å². The number of ether oxygens (including phenoxy) is 4. The third kappa shape index (κ3) is 34.2. The fourth-order valence-electron chi connectivity index (χ4n) is 4.22. The fourth-order valence-corrected chi connectivity index (χ4v) is 4.22. The number of unbranched alkanes of at least 4 members (excludes halogenated alkanes) is 12. The van der Waals surface area contributed by atoms with Crippen LogP contribution >= 0.6 is 0 Å². The van der Waals surface area contributed by atoms with Crippen molar-refractivity contribution in [2.24, 2.45) is 0 Å². The smallest absolute Gasteiger partial charge is 0.303 e. The average molecular weight is 632 g/mol. The van der Waals surface area contributed by atoms with Crippen molar-refractivity contribution >= 4 is 23.7 Å². The van der Waals surface area contributed by atoms with E-state index in [2.05, 4.69) is 22.9 Å². The zero-order chi connectivity index (χ0) is 32.4. The number of carboxylic acid groups (broad SMARTS) is 1. The Hall–Kier alpha value is -2.28. The van der Waals surface area contributed by atoms with Gasteiger partial charge < -0.3 is 40.0 Å². The highest BCUT2D eigenvalue weighted by Crippen LogP contribution is 2.13. The largest absolute Gasteiger partial charge is 0.481 e. The lowest BCUT2D eigenvalue weighted by molar-refractivity contribution is -0.137. The van der Waals surface area contributed by atoms with Crippen molar-refractivity contribution in [3.05, 3.63) is 0 Å². The lowest BCUT2D eigenvalue weighted by atomic mass is 10.0. The van der Waals surface area contributed by atoms with Crippen LogP contribution in [0.15, 0.2) is 0 Å². The predicted octanol–water partition coefficient (Wildman–Crippen LogP) is 3.75. The van der Waals surface area contributed by atoms with Gasteiger partial charge in [0.2, 0.25) is 17.7 Å². The highest BCUT2D eigenvalue weighted by Gasteiger charge is 2.04. The molecule has 0 fully saturated rings. The lowest BCUT2D eigenvalue weighted by Crippen LogP contribution is -2.31. The number of aliphatic carboxylic acids is 1. The predicted molar refractivity (Wildman–Crippen MR) is 169 cm³/mol. The average Bonchev–Trinajstić information content (AvgIpc) is 2.99. The Kier molecular flexibility index (Phi) is 31.9. The number of hydrogen-bond donors (Lipinski definition) is 4. The van der Waals surface area contributed by atoms with Crippen molar-refractivity contribution in [2.45, 2.75) is 110 Å². The number of carbonyl (C=O) groups is 4. The first-order chi connectivity index (χ1) is 21.5. The van der Waals surface area contributed by atoms with Gasteiger partial charge >= 0.3 is 5.97 Å². The molecule has 0 aliphatic rings. The van der Waals surface area contributed by atoms with E-state index in [-0.39, 0.29) is 44.0 Å². The van der Waals surface area contributed by atoms with Gasteiger partial charge in [-0.25, -0.2) is 0 Å². The zero-order valence-electron chi connectivity index (χ0n) is 27.3. The normalized spacial score (nSPS) is 10.9. The first-order valence-electron chi connectivity index (χ1n) is 16.8. The Bertz CT molecular complexity index is 710. The van der Waals surface area contributed by atoms with E-state index in [0.29, 0.717) is 59.1 Å². The van der Waals surface area contributed by atoms with Gasteiger partial charge in [0.15, 0.2) is 0 Å². The van der Waals surface area contributed by atoms with Crippen LogP contribution in [0.1, 0.15) is 110 Å². The molecule has 0 aromatic rings. The SMILES string of the molecule is CCCCNC(=O)COCCOCCNC(=O)COCCOCCNC(=O)CCCCCCCCCCCCCCC(=O)O. The van der Waals surface area contributed by atoms with Crippen LogP contribution in [-0.2, 0) is 38.1 Å². The Balaban J connectivity index is 3.30. The molecule has 0 heterocycles. The number of hydrogen-bond acceptors (Lipinski definition) is 8. The molecule has 0 spiro atoms. The van der Waals surface area contributed by atoms with E-state index < -0.39 is 5.97 Å². The highest BCUT2D eigenvalue weighted by atomic mass is 16.5. The van der Waals surface area contributed by atoms with Gasteiger partial charge in [0.25, 0.3) is 0 Å². The maximum Gasteiger partial charge on any atom is 0.303 e. The van der Waals surface area contributed by atoms with Crippen LogP contribution in [0.25, 0.3) is 0 Å². The molecular weight excluding hydrogens is 570 g/mol. The summed E-state index contributed by atoms with van der Waals surface area (Å²) in [6.07, 6.45) is 16.3. The molecule has 0 atom stereocenters. The monoisotopic (exact) mass is 631 g/mol. The van der Waals surface area contributed by atoms with Gasteiger partial charge in [-0.2, -0.15) is 0 Å². The second-order valence-corrected chi connectivity index (χ2v) is 10.9. The third-order valence-electron chi connectivity index (χ3n) is 6.74. The molecule has 0 rings (SSSR count). The summed E-state index contributed by atoms with van der Waals surface area (Å²) in [5, 5.41) is 16.9. The van der Waals surface area contributed by atoms with Gasteiger partial charge in [-0.3, -0.25) is 19.2 Å². The number of nitrogens with one attached hydrogen (secondary N) is 3. The quantitative estimate of drug-likeness (QED) is 0.0775. The van der Waals surface area contributed by atoms with E-state index in [1.807, 2.05) is 0 Å². The molecule has 0 bridgehead atoms. The number of carboxylic acids is 1. The summed E-state index contributed by atoms with van der Waals surface area (Å²) in [6.45, 7) is 5.52. The molecule has 0 aliphatic heterocycles. The van der Waals surface area contributed by atoms with E-state index in [9.17, 15) is 19.2 Å². The van der Waals surface area contributed by atoms with Crippen LogP contribution < -0.4 is 16.0 Å². The van der Waals surface area contributed by atoms with Crippen LogP contribution in [0.2, 0.25) is 0 Å². The number of carbonyl (C=O) groups excluding carboxylic acids is 3. The van der Waals surface area contributed by atoms with Gasteiger partial charge in [-0.15, -0.1) is 0 Å². The first-order valence-corrected chi connectivity index (χ1v) is 16.8. The van der Waals surface area contributed by atoms with Crippen molar-refractivity contribution < 1.29 is 43.2 Å².